The number of alkyl halides is 6. The number of H-pyrrole nitrogens is 1. The number of hydrogen-bond donors (Lipinski definition) is 1. The van der Waals surface area contributed by atoms with Gasteiger partial charge < -0.3 is 4.98 Å². The van der Waals surface area contributed by atoms with Crippen molar-refractivity contribution in [3.63, 3.8) is 0 Å². The van der Waals surface area contributed by atoms with E-state index in [-0.39, 0.29) is 45.2 Å². The quantitative estimate of drug-likeness (QED) is 0.0732. The zero-order chi connectivity index (χ0) is 31.7. The van der Waals surface area contributed by atoms with Crippen LogP contribution in [0, 0.1) is 0 Å². The van der Waals surface area contributed by atoms with E-state index in [2.05, 4.69) is 53.7 Å². The summed E-state index contributed by atoms with van der Waals surface area (Å²) in [6.07, 6.45) is -7.06. The van der Waals surface area contributed by atoms with Gasteiger partial charge in [0.2, 0.25) is 0 Å². The van der Waals surface area contributed by atoms with Crippen molar-refractivity contribution in [2.45, 2.75) is 19.8 Å². The molecule has 6 rings (SSSR count). The fourth-order valence-electron chi connectivity index (χ4n) is 4.29. The summed E-state index contributed by atoms with van der Waals surface area (Å²) in [5.41, 5.74) is -2.72. The van der Waals surface area contributed by atoms with E-state index in [0.717, 1.165) is 12.7 Å². The summed E-state index contributed by atoms with van der Waals surface area (Å²) in [6.45, 7) is 0. The summed E-state index contributed by atoms with van der Waals surface area (Å²) in [4.78, 5) is 25.1. The second-order valence-electron chi connectivity index (χ2n) is 8.53. The molecule has 6 nitrogen and oxygen atoms in total. The molecule has 0 amide bonds. The first-order chi connectivity index (χ1) is 20.0. The average Bonchev–Trinajstić information content (AvgIpc) is 2.89. The molecular weight excluding hydrogens is 699 g/mol. The highest BCUT2D eigenvalue weighted by molar-refractivity contribution is 8.24. The molecule has 0 bridgehead atoms. The lowest BCUT2D eigenvalue weighted by Gasteiger charge is -2.13. The third kappa shape index (κ3) is 8.11. The van der Waals surface area contributed by atoms with E-state index in [1.165, 1.54) is 30.3 Å². The lowest BCUT2D eigenvalue weighted by atomic mass is 10.0. The molecule has 17 heteroatoms. The zero-order valence-electron chi connectivity index (χ0n) is 20.8. The maximum absolute atomic E-state index is 13.3. The summed E-state index contributed by atoms with van der Waals surface area (Å²) in [7, 11) is 0. The van der Waals surface area contributed by atoms with Gasteiger partial charge in [0.25, 0.3) is 5.56 Å². The Morgan fingerprint density at radius 1 is 0.682 bits per heavy atom. The third-order valence-corrected chi connectivity index (χ3v) is 6.13. The van der Waals surface area contributed by atoms with Gasteiger partial charge in [0.1, 0.15) is 11.5 Å². The number of rotatable bonds is 0. The van der Waals surface area contributed by atoms with Gasteiger partial charge in [0.05, 0.1) is 33.9 Å². The minimum absolute atomic E-state index is 0. The molecule has 0 unspecified atom stereocenters. The molecule has 0 saturated carbocycles. The van der Waals surface area contributed by atoms with Gasteiger partial charge in [-0.25, -0.2) is 15.0 Å². The second-order valence-corrected chi connectivity index (χ2v) is 15.5. The predicted octanol–water partition coefficient (Wildman–Crippen LogP) is 11.0. The predicted molar refractivity (Wildman–Crippen MR) is 164 cm³/mol. The fourth-order valence-corrected chi connectivity index (χ4v) is 4.47. The van der Waals surface area contributed by atoms with Crippen molar-refractivity contribution in [2.75, 3.05) is 0 Å². The number of aromatic nitrogens is 4. The molecule has 4 aromatic carbocycles. The summed E-state index contributed by atoms with van der Waals surface area (Å²) in [6, 6.07) is 15.3. The van der Waals surface area contributed by atoms with Gasteiger partial charge in [0, 0.05) is 5.39 Å². The largest absolute Gasteiger partial charge is 0.419 e. The van der Waals surface area contributed by atoms with Gasteiger partial charge in [-0.05, 0) is 67.4 Å². The molecule has 44 heavy (non-hydrogen) atoms. The Kier molecular flexibility index (Phi) is 10.8. The molecule has 232 valence electrons. The first-order valence-electron chi connectivity index (χ1n) is 11.5. The van der Waals surface area contributed by atoms with Gasteiger partial charge in [-0.1, -0.05) is 67.6 Å². The van der Waals surface area contributed by atoms with Crippen molar-refractivity contribution in [2.24, 2.45) is 0 Å². The van der Waals surface area contributed by atoms with Crippen LogP contribution < -0.4 is 5.56 Å². The highest BCUT2D eigenvalue weighted by Crippen LogP contribution is 2.61. The van der Waals surface area contributed by atoms with Crippen LogP contribution in [0.4, 0.5) is 26.3 Å². The van der Waals surface area contributed by atoms with Crippen LogP contribution in [0.5, 0.6) is 0 Å². The van der Waals surface area contributed by atoms with Crippen LogP contribution in [0.25, 0.3) is 43.4 Å². The minimum Gasteiger partial charge on any atom is -0.313 e. The lowest BCUT2D eigenvalue weighted by Crippen LogP contribution is -2.13. The summed E-state index contributed by atoms with van der Waals surface area (Å²) in [5, 5.41) is -2.09. The van der Waals surface area contributed by atoms with Gasteiger partial charge in [-0.2, -0.15) is 26.3 Å². The van der Waals surface area contributed by atoms with Crippen LogP contribution in [-0.4, -0.2) is 19.9 Å². The molecule has 0 atom stereocenters. The van der Waals surface area contributed by atoms with Gasteiger partial charge in [-0.15, -0.1) is 0 Å². The molecule has 2 heterocycles. The Hall–Kier alpha value is -3.15. The van der Waals surface area contributed by atoms with Crippen molar-refractivity contribution in [1.82, 2.24) is 19.9 Å². The molecule has 0 aliphatic carbocycles. The van der Waals surface area contributed by atoms with Gasteiger partial charge in [-0.3, -0.25) is 9.36 Å². The van der Waals surface area contributed by atoms with E-state index >= 15 is 0 Å². The van der Waals surface area contributed by atoms with Crippen LogP contribution in [0.1, 0.15) is 18.6 Å². The van der Waals surface area contributed by atoms with E-state index in [1.54, 1.807) is 30.3 Å². The molecule has 6 aromatic rings. The van der Waals surface area contributed by atoms with Crippen LogP contribution in [-0.2, 0) is 16.9 Å². The molecule has 0 aliphatic heterocycles. The Bertz CT molecular complexity index is 2080. The number of hydrogen-bond acceptors (Lipinski definition) is 5. The lowest BCUT2D eigenvalue weighted by molar-refractivity contribution is -0.136. The van der Waals surface area contributed by atoms with E-state index < -0.39 is 34.2 Å². The van der Waals surface area contributed by atoms with Gasteiger partial charge in [0.15, 0.2) is 0 Å². The first-order valence-corrected chi connectivity index (χ1v) is 16.3. The van der Waals surface area contributed by atoms with Crippen LogP contribution in [0.3, 0.4) is 0 Å². The summed E-state index contributed by atoms with van der Waals surface area (Å²) in [5.74, 6) is 0. The van der Waals surface area contributed by atoms with E-state index in [0.29, 0.717) is 10.8 Å². The highest BCUT2D eigenvalue weighted by Gasteiger charge is 2.37. The molecule has 0 aliphatic rings. The monoisotopic (exact) mass is 714 g/mol. The van der Waals surface area contributed by atoms with E-state index in [1.807, 2.05) is 0 Å². The van der Waals surface area contributed by atoms with E-state index in [4.69, 9.17) is 11.6 Å². The van der Waals surface area contributed by atoms with Crippen LogP contribution >= 0.6 is 50.5 Å². The van der Waals surface area contributed by atoms with Crippen molar-refractivity contribution in [3.05, 3.63) is 100.0 Å². The van der Waals surface area contributed by atoms with Crippen LogP contribution in [0.15, 0.2) is 78.1 Å². The number of benzene rings is 4. The number of aromatic amines is 1. The van der Waals surface area contributed by atoms with Crippen molar-refractivity contribution in [1.29, 1.82) is 0 Å². The van der Waals surface area contributed by atoms with Crippen molar-refractivity contribution in [3.8, 4) is 0 Å². The normalized spacial score (nSPS) is 11.9. The zero-order valence-corrected chi connectivity index (χ0v) is 24.7. The summed E-state index contributed by atoms with van der Waals surface area (Å²) < 4.78 is 89.0. The molecular formula is C27H17Cl4F6N4O2P. The van der Waals surface area contributed by atoms with Gasteiger partial charge >= 0.3 is 17.6 Å². The topological polar surface area (TPSA) is 88.6 Å². The third-order valence-electron chi connectivity index (χ3n) is 5.82. The molecule has 0 saturated heterocycles. The first kappa shape index (κ1) is 35.3. The highest BCUT2D eigenvalue weighted by atomic mass is 36.0. The molecule has 2 aromatic heterocycles. The maximum atomic E-state index is 13.3. The number of halogens is 10. The Morgan fingerprint density at radius 3 is 1.59 bits per heavy atom. The number of nitrogens with zero attached hydrogens (tertiary/aromatic N) is 3. The average molecular weight is 716 g/mol. The van der Waals surface area contributed by atoms with Crippen molar-refractivity contribution < 1.29 is 30.9 Å². The van der Waals surface area contributed by atoms with E-state index in [9.17, 15) is 35.7 Å². The van der Waals surface area contributed by atoms with Crippen molar-refractivity contribution >= 4 is 93.9 Å². The number of fused-ring (bicyclic) bond motifs is 4. The van der Waals surface area contributed by atoms with Crippen LogP contribution in [0.2, 0.25) is 5.15 Å². The Morgan fingerprint density at radius 2 is 1.11 bits per heavy atom. The number of nitrogens with one attached hydrogen (secondary N) is 1. The minimum atomic E-state index is -4.57. The molecule has 1 N–H and O–H groups in total. The Balaban J connectivity index is 0.000000205. The second kappa shape index (κ2) is 13.5. The summed E-state index contributed by atoms with van der Waals surface area (Å²) >= 11 is 19.7. The smallest absolute Gasteiger partial charge is 0.313 e. The fraction of sp³-hybridized carbons (Fsp3) is 0.111. The molecule has 0 radical (unpaired) electrons. The maximum Gasteiger partial charge on any atom is 0.419 e. The SMILES string of the molecule is C.FC(F)(F)c1c2ccccc2cc2c(Cl)ncnc12.O=P(Cl)(Cl)Cl.O=c1[nH]cnc2c(C(F)(F)F)c3ccccc3cc12. The standard InChI is InChI=1S/C13H6ClF3N2.C13H7F3N2O.CH4.Cl3OP/c14-12-9-5-7-3-1-2-4-8(7)10(13(15,16)17)11(9)18-6-19-12;14-13(15,16)10-8-4-2-1-3-7(8)5-9-11(10)17-6-18-12(9)19;;1-5(2,3)4/h1-6H;1-6H,(H,17,18,19);1H4;. The Labute approximate surface area is 263 Å². The molecule has 0 spiro atoms. The molecule has 0 fully saturated rings.